The Balaban J connectivity index is 2.37. The van der Waals surface area contributed by atoms with Crippen LogP contribution in [0.1, 0.15) is 12.5 Å². The molecule has 0 aliphatic carbocycles. The van der Waals surface area contributed by atoms with Crippen LogP contribution in [-0.2, 0) is 6.42 Å². The van der Waals surface area contributed by atoms with Gasteiger partial charge in [-0.05, 0) is 24.1 Å². The lowest BCUT2D eigenvalue weighted by molar-refractivity contribution is 0.412. The van der Waals surface area contributed by atoms with Crippen molar-refractivity contribution >= 4 is 21.5 Å². The van der Waals surface area contributed by atoms with E-state index in [-0.39, 0.29) is 23.3 Å². The average Bonchev–Trinajstić information content (AvgIpc) is 2.81. The highest BCUT2D eigenvalue weighted by Crippen LogP contribution is 2.46. The molecule has 4 aromatic carbocycles. The van der Waals surface area contributed by atoms with Crippen LogP contribution in [0, 0.1) is 46.5 Å². The summed E-state index contributed by atoms with van der Waals surface area (Å²) in [7, 11) is 1.12. The second-order valence-electron chi connectivity index (χ2n) is 6.95. The zero-order chi connectivity index (χ0) is 23.5. The number of hydrogen-bond donors (Lipinski definition) is 0. The average molecular weight is 456 g/mol. The Morgan fingerprint density at radius 2 is 1.00 bits per heavy atom. The van der Waals surface area contributed by atoms with Gasteiger partial charge in [-0.15, -0.1) is 0 Å². The van der Waals surface area contributed by atoms with Gasteiger partial charge in [0.15, 0.2) is 46.5 Å². The highest BCUT2D eigenvalue weighted by Gasteiger charge is 2.29. The fourth-order valence-corrected chi connectivity index (χ4v) is 3.89. The molecule has 4 rings (SSSR count). The van der Waals surface area contributed by atoms with Crippen molar-refractivity contribution < 1.29 is 39.9 Å². The second kappa shape index (κ2) is 7.65. The van der Waals surface area contributed by atoms with Gasteiger partial charge in [-0.2, -0.15) is 0 Å². The Labute approximate surface area is 175 Å². The lowest BCUT2D eigenvalue weighted by Crippen LogP contribution is -2.05. The van der Waals surface area contributed by atoms with Crippen molar-refractivity contribution in [2.45, 2.75) is 13.3 Å². The van der Waals surface area contributed by atoms with Gasteiger partial charge in [0.25, 0.3) is 0 Å². The minimum atomic E-state index is -2.13. The SMILES string of the molecule is CCc1ccc2c(F)c(F)c(F)c(F)c2c1-c1c(OC)ccc2c(F)c(F)c(F)c(F)c12. The van der Waals surface area contributed by atoms with Crippen molar-refractivity contribution in [2.24, 2.45) is 0 Å². The molecule has 166 valence electrons. The van der Waals surface area contributed by atoms with E-state index < -0.39 is 73.6 Å². The van der Waals surface area contributed by atoms with Crippen LogP contribution in [0.5, 0.6) is 5.75 Å². The molecular formula is C23H12F8O. The van der Waals surface area contributed by atoms with Crippen LogP contribution in [0.25, 0.3) is 32.7 Å². The van der Waals surface area contributed by atoms with Crippen molar-refractivity contribution in [3.05, 3.63) is 76.4 Å². The minimum absolute atomic E-state index is 0.0959. The largest absolute Gasteiger partial charge is 0.496 e. The Bertz CT molecular complexity index is 1320. The van der Waals surface area contributed by atoms with E-state index in [1.807, 2.05) is 0 Å². The Kier molecular flexibility index (Phi) is 5.22. The normalized spacial score (nSPS) is 11.6. The van der Waals surface area contributed by atoms with Crippen molar-refractivity contribution in [1.82, 2.24) is 0 Å². The Hall–Kier alpha value is -3.36. The summed E-state index contributed by atoms with van der Waals surface area (Å²) in [6, 6.07) is 4.27. The van der Waals surface area contributed by atoms with E-state index in [9.17, 15) is 35.1 Å². The number of hydrogen-bond acceptors (Lipinski definition) is 1. The minimum Gasteiger partial charge on any atom is -0.496 e. The van der Waals surface area contributed by atoms with Gasteiger partial charge < -0.3 is 4.74 Å². The summed E-state index contributed by atoms with van der Waals surface area (Å²) in [4.78, 5) is 0. The number of aryl methyl sites for hydroxylation is 1. The molecule has 9 heteroatoms. The van der Waals surface area contributed by atoms with Crippen molar-refractivity contribution in [1.29, 1.82) is 0 Å². The van der Waals surface area contributed by atoms with Crippen molar-refractivity contribution in [2.75, 3.05) is 7.11 Å². The molecule has 0 unspecified atom stereocenters. The van der Waals surface area contributed by atoms with Gasteiger partial charge in [-0.3, -0.25) is 0 Å². The van der Waals surface area contributed by atoms with Gasteiger partial charge in [0.05, 0.1) is 7.11 Å². The standard InChI is InChI=1S/C23H12F8O/c1-3-8-4-5-9-13(18(26)22(30)20(28)16(9)24)12(8)15-11(32-2)7-6-10-14(15)19(27)23(31)21(29)17(10)25/h4-7H,3H2,1-2H3. The molecule has 0 atom stereocenters. The van der Waals surface area contributed by atoms with Gasteiger partial charge in [-0.25, -0.2) is 35.1 Å². The van der Waals surface area contributed by atoms with Crippen LogP contribution in [0.2, 0.25) is 0 Å². The summed E-state index contributed by atoms with van der Waals surface area (Å²) in [6.07, 6.45) is 0.0959. The van der Waals surface area contributed by atoms with Crippen LogP contribution in [-0.4, -0.2) is 7.11 Å². The zero-order valence-electron chi connectivity index (χ0n) is 16.4. The first kappa shape index (κ1) is 21.9. The first-order valence-electron chi connectivity index (χ1n) is 9.26. The molecule has 0 aliphatic rings. The molecule has 0 amide bonds. The molecule has 0 fully saturated rings. The molecule has 32 heavy (non-hydrogen) atoms. The van der Waals surface area contributed by atoms with E-state index in [0.717, 1.165) is 25.3 Å². The molecule has 0 aliphatic heterocycles. The smallest absolute Gasteiger partial charge is 0.198 e. The second-order valence-corrected chi connectivity index (χ2v) is 6.95. The van der Waals surface area contributed by atoms with Crippen LogP contribution in [0.3, 0.4) is 0 Å². The molecule has 0 bridgehead atoms. The van der Waals surface area contributed by atoms with E-state index in [4.69, 9.17) is 4.74 Å². The lowest BCUT2D eigenvalue weighted by atomic mass is 9.87. The monoisotopic (exact) mass is 456 g/mol. The van der Waals surface area contributed by atoms with Crippen LogP contribution in [0.4, 0.5) is 35.1 Å². The number of halogens is 8. The number of methoxy groups -OCH3 is 1. The molecule has 0 aromatic heterocycles. The zero-order valence-corrected chi connectivity index (χ0v) is 16.4. The maximum absolute atomic E-state index is 14.9. The third kappa shape index (κ3) is 2.83. The first-order chi connectivity index (χ1) is 15.1. The third-order valence-corrected chi connectivity index (χ3v) is 5.38. The quantitative estimate of drug-likeness (QED) is 0.178. The molecule has 1 nitrogen and oxygen atoms in total. The fraction of sp³-hybridized carbons (Fsp3) is 0.130. The summed E-state index contributed by atoms with van der Waals surface area (Å²) in [5.41, 5.74) is -0.656. The molecule has 0 radical (unpaired) electrons. The van der Waals surface area contributed by atoms with E-state index >= 15 is 0 Å². The topological polar surface area (TPSA) is 9.23 Å². The van der Waals surface area contributed by atoms with E-state index in [0.29, 0.717) is 0 Å². The summed E-state index contributed by atoms with van der Waals surface area (Å²) in [5, 5.41) is -3.00. The Morgan fingerprint density at radius 3 is 1.47 bits per heavy atom. The van der Waals surface area contributed by atoms with Crippen molar-refractivity contribution in [3.8, 4) is 16.9 Å². The highest BCUT2D eigenvalue weighted by atomic mass is 19.2. The third-order valence-electron chi connectivity index (χ3n) is 5.38. The number of benzene rings is 4. The maximum atomic E-state index is 14.9. The summed E-state index contributed by atoms with van der Waals surface area (Å²) < 4.78 is 120. The highest BCUT2D eigenvalue weighted by molar-refractivity contribution is 6.09. The number of rotatable bonds is 3. The molecule has 0 saturated carbocycles. The maximum Gasteiger partial charge on any atom is 0.198 e. The molecule has 0 saturated heterocycles. The molecule has 0 heterocycles. The van der Waals surface area contributed by atoms with Gasteiger partial charge in [-0.1, -0.05) is 19.1 Å². The summed E-state index contributed by atoms with van der Waals surface area (Å²) >= 11 is 0. The summed E-state index contributed by atoms with van der Waals surface area (Å²) in [5.74, 6) is -15.6. The van der Waals surface area contributed by atoms with Gasteiger partial charge in [0.1, 0.15) is 5.75 Å². The van der Waals surface area contributed by atoms with Gasteiger partial charge >= 0.3 is 0 Å². The predicted molar refractivity (Wildman–Crippen MR) is 102 cm³/mol. The number of ether oxygens (including phenoxy) is 1. The van der Waals surface area contributed by atoms with Gasteiger partial charge in [0.2, 0.25) is 0 Å². The lowest BCUT2D eigenvalue weighted by Gasteiger charge is -2.19. The van der Waals surface area contributed by atoms with E-state index in [1.54, 1.807) is 6.92 Å². The molecular weight excluding hydrogens is 444 g/mol. The van der Waals surface area contributed by atoms with Crippen LogP contribution < -0.4 is 4.74 Å². The Morgan fingerprint density at radius 1 is 0.562 bits per heavy atom. The predicted octanol–water partition coefficient (Wildman–Crippen LogP) is 7.34. The van der Waals surface area contributed by atoms with E-state index in [1.165, 1.54) is 6.07 Å². The fourth-order valence-electron chi connectivity index (χ4n) is 3.89. The number of fused-ring (bicyclic) bond motifs is 2. The molecule has 0 spiro atoms. The van der Waals surface area contributed by atoms with Crippen LogP contribution >= 0.6 is 0 Å². The van der Waals surface area contributed by atoms with Gasteiger partial charge in [0, 0.05) is 32.7 Å². The first-order valence-corrected chi connectivity index (χ1v) is 9.26. The van der Waals surface area contributed by atoms with Crippen molar-refractivity contribution in [3.63, 3.8) is 0 Å². The molecule has 4 aromatic rings. The van der Waals surface area contributed by atoms with E-state index in [2.05, 4.69) is 0 Å². The summed E-state index contributed by atoms with van der Waals surface area (Å²) in [6.45, 7) is 1.58. The van der Waals surface area contributed by atoms with Crippen LogP contribution in [0.15, 0.2) is 24.3 Å². The molecule has 0 N–H and O–H groups in total.